The molecule has 0 atom stereocenters. The number of phenolic OH excluding ortho intramolecular Hbond substituents is 1. The van der Waals surface area contributed by atoms with Gasteiger partial charge in [-0.3, -0.25) is 9.52 Å². The summed E-state index contributed by atoms with van der Waals surface area (Å²) in [4.78, 5) is 12.5. The average Bonchev–Trinajstić information content (AvgIpc) is 3.27. The van der Waals surface area contributed by atoms with Crippen LogP contribution in [0.15, 0.2) is 69.3 Å². The van der Waals surface area contributed by atoms with Gasteiger partial charge in [0.1, 0.15) is 4.21 Å². The van der Waals surface area contributed by atoms with Gasteiger partial charge in [0.05, 0.1) is 24.1 Å². The van der Waals surface area contributed by atoms with E-state index < -0.39 is 15.9 Å². The van der Waals surface area contributed by atoms with Crippen molar-refractivity contribution in [3.63, 3.8) is 0 Å². The predicted octanol–water partition coefficient (Wildman–Crippen LogP) is 3.42. The normalized spacial score (nSPS) is 11.4. The molecule has 0 aliphatic rings. The van der Waals surface area contributed by atoms with Gasteiger partial charge in [0.2, 0.25) is 0 Å². The van der Waals surface area contributed by atoms with Crippen LogP contribution in [0.1, 0.15) is 22.8 Å². The Labute approximate surface area is 177 Å². The summed E-state index contributed by atoms with van der Waals surface area (Å²) in [5.41, 5.74) is 2.91. The zero-order valence-corrected chi connectivity index (χ0v) is 17.5. The summed E-state index contributed by atoms with van der Waals surface area (Å²) in [5, 5.41) is 15.7. The summed E-state index contributed by atoms with van der Waals surface area (Å²) < 4.78 is 32.8. The Morgan fingerprint density at radius 1 is 1.17 bits per heavy atom. The van der Waals surface area contributed by atoms with E-state index in [1.807, 2.05) is 0 Å². The van der Waals surface area contributed by atoms with E-state index >= 15 is 0 Å². The number of carbonyl (C=O) groups excluding carboxylic acids is 1. The molecule has 156 valence electrons. The number of nitrogens with one attached hydrogen (secondary N) is 2. The van der Waals surface area contributed by atoms with Crippen molar-refractivity contribution in [3.05, 3.63) is 71.1 Å². The van der Waals surface area contributed by atoms with Gasteiger partial charge in [0.25, 0.3) is 15.9 Å². The van der Waals surface area contributed by atoms with Gasteiger partial charge in [-0.25, -0.2) is 13.8 Å². The first kappa shape index (κ1) is 21.3. The van der Waals surface area contributed by atoms with Crippen LogP contribution in [0.2, 0.25) is 0 Å². The van der Waals surface area contributed by atoms with Gasteiger partial charge in [0, 0.05) is 5.56 Å². The number of hydrogen-bond acceptors (Lipinski definition) is 7. The Kier molecular flexibility index (Phi) is 6.70. The Morgan fingerprint density at radius 2 is 1.97 bits per heavy atom. The molecule has 3 rings (SSSR count). The summed E-state index contributed by atoms with van der Waals surface area (Å²) in [7, 11) is -3.80. The van der Waals surface area contributed by atoms with Crippen molar-refractivity contribution in [2.24, 2.45) is 5.10 Å². The number of carbonyl (C=O) groups is 1. The zero-order chi connectivity index (χ0) is 21.6. The van der Waals surface area contributed by atoms with Crippen LogP contribution in [0.4, 0.5) is 5.69 Å². The molecule has 0 unspecified atom stereocenters. The third-order valence-corrected chi connectivity index (χ3v) is 6.64. The minimum atomic E-state index is -3.80. The lowest BCUT2D eigenvalue weighted by Crippen LogP contribution is -2.21. The zero-order valence-electron chi connectivity index (χ0n) is 15.9. The van der Waals surface area contributed by atoms with Crippen LogP contribution in [0.25, 0.3) is 0 Å². The van der Waals surface area contributed by atoms with E-state index in [2.05, 4.69) is 15.2 Å². The molecule has 0 saturated carbocycles. The van der Waals surface area contributed by atoms with Crippen molar-refractivity contribution in [1.82, 2.24) is 5.43 Å². The molecule has 10 heteroatoms. The fourth-order valence-electron chi connectivity index (χ4n) is 2.52. The lowest BCUT2D eigenvalue weighted by atomic mass is 10.2. The van der Waals surface area contributed by atoms with Crippen LogP contribution in [0.5, 0.6) is 11.5 Å². The molecule has 0 bridgehead atoms. The van der Waals surface area contributed by atoms with Crippen LogP contribution in [-0.4, -0.2) is 32.3 Å². The van der Waals surface area contributed by atoms with Crippen molar-refractivity contribution < 1.29 is 23.1 Å². The standard InChI is InChI=1S/C20H19N3O5S2/c1-2-28-17-10-5-7-14(19(17)24)13-21-22-20(25)15-8-3-4-9-16(15)23-30(26,27)18-11-6-12-29-18/h3-13,23-24H,2H2,1H3,(H,22,25)/b21-13+. The van der Waals surface area contributed by atoms with Crippen molar-refractivity contribution in [2.45, 2.75) is 11.1 Å². The summed E-state index contributed by atoms with van der Waals surface area (Å²) >= 11 is 1.07. The third kappa shape index (κ3) is 4.97. The van der Waals surface area contributed by atoms with E-state index in [0.717, 1.165) is 11.3 Å². The largest absolute Gasteiger partial charge is 0.504 e. The number of nitrogens with zero attached hydrogens (tertiary/aromatic N) is 1. The van der Waals surface area contributed by atoms with Gasteiger partial charge in [-0.05, 0) is 42.6 Å². The molecular formula is C20H19N3O5S2. The van der Waals surface area contributed by atoms with Gasteiger partial charge < -0.3 is 9.84 Å². The summed E-state index contributed by atoms with van der Waals surface area (Å²) in [6, 6.07) is 14.2. The topological polar surface area (TPSA) is 117 Å². The fourth-order valence-corrected chi connectivity index (χ4v) is 4.59. The van der Waals surface area contributed by atoms with Crippen LogP contribution in [-0.2, 0) is 10.0 Å². The fraction of sp³-hybridized carbons (Fsp3) is 0.100. The average molecular weight is 446 g/mol. The van der Waals surface area contributed by atoms with Gasteiger partial charge in [0.15, 0.2) is 11.5 Å². The summed E-state index contributed by atoms with van der Waals surface area (Å²) in [5.74, 6) is -0.404. The van der Waals surface area contributed by atoms with Crippen LogP contribution < -0.4 is 14.9 Å². The maximum atomic E-state index is 12.5. The minimum absolute atomic E-state index is 0.0959. The molecule has 3 aromatic rings. The van der Waals surface area contributed by atoms with Crippen molar-refractivity contribution in [1.29, 1.82) is 0 Å². The second-order valence-corrected chi connectivity index (χ2v) is 8.77. The molecule has 0 radical (unpaired) electrons. The second-order valence-electron chi connectivity index (χ2n) is 5.91. The van der Waals surface area contributed by atoms with Crippen molar-refractivity contribution in [3.8, 4) is 11.5 Å². The smallest absolute Gasteiger partial charge is 0.273 e. The molecule has 2 aromatic carbocycles. The molecule has 0 aliphatic carbocycles. The number of sulfonamides is 1. The first-order valence-corrected chi connectivity index (χ1v) is 11.2. The number of phenols is 1. The number of aromatic hydroxyl groups is 1. The molecule has 3 N–H and O–H groups in total. The molecule has 1 amide bonds. The maximum Gasteiger partial charge on any atom is 0.273 e. The van der Waals surface area contributed by atoms with Crippen molar-refractivity contribution >= 4 is 39.2 Å². The highest BCUT2D eigenvalue weighted by atomic mass is 32.2. The summed E-state index contributed by atoms with van der Waals surface area (Å²) in [6.45, 7) is 2.19. The van der Waals surface area contributed by atoms with Crippen LogP contribution in [0.3, 0.4) is 0 Å². The highest BCUT2D eigenvalue weighted by Crippen LogP contribution is 2.28. The predicted molar refractivity (Wildman–Crippen MR) is 116 cm³/mol. The number of rotatable bonds is 8. The van der Waals surface area contributed by atoms with Crippen molar-refractivity contribution in [2.75, 3.05) is 11.3 Å². The molecule has 1 aromatic heterocycles. The second kappa shape index (κ2) is 9.42. The lowest BCUT2D eigenvalue weighted by molar-refractivity contribution is 0.0956. The first-order valence-electron chi connectivity index (χ1n) is 8.86. The van der Waals surface area contributed by atoms with Gasteiger partial charge in [-0.1, -0.05) is 24.3 Å². The number of ether oxygens (including phenoxy) is 1. The Morgan fingerprint density at radius 3 is 2.70 bits per heavy atom. The number of thiophene rings is 1. The van der Waals surface area contributed by atoms with E-state index in [4.69, 9.17) is 4.74 Å². The van der Waals surface area contributed by atoms with E-state index in [1.54, 1.807) is 48.7 Å². The quantitative estimate of drug-likeness (QED) is 0.363. The highest BCUT2D eigenvalue weighted by molar-refractivity contribution is 7.94. The van der Waals surface area contributed by atoms with Gasteiger partial charge in [-0.2, -0.15) is 5.10 Å². The molecule has 30 heavy (non-hydrogen) atoms. The highest BCUT2D eigenvalue weighted by Gasteiger charge is 2.19. The Balaban J connectivity index is 1.76. The molecule has 8 nitrogen and oxygen atoms in total. The molecule has 0 aliphatic heterocycles. The maximum absolute atomic E-state index is 12.5. The molecule has 0 fully saturated rings. The SMILES string of the molecule is CCOc1cccc(/C=N/NC(=O)c2ccccc2NS(=O)(=O)c2cccs2)c1O. The van der Waals surface area contributed by atoms with E-state index in [0.29, 0.717) is 17.9 Å². The Bertz CT molecular complexity index is 1160. The molecule has 0 saturated heterocycles. The number of hydrogen-bond donors (Lipinski definition) is 3. The summed E-state index contributed by atoms with van der Waals surface area (Å²) in [6.07, 6.45) is 1.27. The van der Waals surface area contributed by atoms with Gasteiger partial charge >= 0.3 is 0 Å². The number of anilines is 1. The van der Waals surface area contributed by atoms with Gasteiger partial charge in [-0.15, -0.1) is 11.3 Å². The molecule has 1 heterocycles. The first-order chi connectivity index (χ1) is 14.4. The lowest BCUT2D eigenvalue weighted by Gasteiger charge is -2.10. The van der Waals surface area contributed by atoms with E-state index in [9.17, 15) is 18.3 Å². The van der Waals surface area contributed by atoms with Crippen LogP contribution >= 0.6 is 11.3 Å². The molecule has 0 spiro atoms. The monoisotopic (exact) mass is 445 g/mol. The Hall–Kier alpha value is -3.37. The third-order valence-electron chi connectivity index (χ3n) is 3.88. The number of benzene rings is 2. The van der Waals surface area contributed by atoms with E-state index in [-0.39, 0.29) is 21.2 Å². The number of amides is 1. The number of para-hydroxylation sites is 2. The minimum Gasteiger partial charge on any atom is -0.504 e. The molecular weight excluding hydrogens is 426 g/mol. The van der Waals surface area contributed by atoms with Crippen LogP contribution in [0, 0.1) is 0 Å². The number of hydrazone groups is 1. The van der Waals surface area contributed by atoms with E-state index in [1.165, 1.54) is 24.4 Å².